The molecule has 116 valence electrons. The minimum Gasteiger partial charge on any atom is -0.326 e. The minimum absolute atomic E-state index is 0.149. The number of carbonyl (C=O) groups is 2. The summed E-state index contributed by atoms with van der Waals surface area (Å²) in [7, 11) is 0. The van der Waals surface area contributed by atoms with E-state index in [0.717, 1.165) is 10.8 Å². The van der Waals surface area contributed by atoms with Gasteiger partial charge in [0.15, 0.2) is 0 Å². The average molecular weight is 328 g/mol. The largest absolute Gasteiger partial charge is 0.326 e. The van der Waals surface area contributed by atoms with Crippen LogP contribution in [0.3, 0.4) is 0 Å². The number of rotatable bonds is 2. The van der Waals surface area contributed by atoms with Crippen LogP contribution in [-0.4, -0.2) is 16.8 Å². The van der Waals surface area contributed by atoms with E-state index < -0.39 is 0 Å². The summed E-state index contributed by atoms with van der Waals surface area (Å²) in [4.78, 5) is 26.9. The highest BCUT2D eigenvalue weighted by Crippen LogP contribution is 2.32. The van der Waals surface area contributed by atoms with Crippen molar-refractivity contribution in [3.63, 3.8) is 0 Å². The third-order valence-corrected chi connectivity index (χ3v) is 3.76. The van der Waals surface area contributed by atoms with E-state index >= 15 is 0 Å². The van der Waals surface area contributed by atoms with Crippen molar-refractivity contribution >= 4 is 56.6 Å². The summed E-state index contributed by atoms with van der Waals surface area (Å²) in [5.41, 5.74) is 2.67. The Labute approximate surface area is 137 Å². The third kappa shape index (κ3) is 3.10. The second-order valence-electron chi connectivity index (χ2n) is 5.25. The molecule has 3 rings (SSSR count). The van der Waals surface area contributed by atoms with Crippen LogP contribution in [0.4, 0.5) is 11.4 Å². The Morgan fingerprint density at radius 1 is 0.870 bits per heavy atom. The highest BCUT2D eigenvalue weighted by molar-refractivity contribution is 6.40. The molecular formula is C17H14ClN3O2. The highest BCUT2D eigenvalue weighted by atomic mass is 35.5. The Bertz CT molecular complexity index is 879. The van der Waals surface area contributed by atoms with Gasteiger partial charge in [-0.1, -0.05) is 11.6 Å². The zero-order valence-corrected chi connectivity index (χ0v) is 13.4. The smallest absolute Gasteiger partial charge is 0.221 e. The fourth-order valence-electron chi connectivity index (χ4n) is 2.46. The lowest BCUT2D eigenvalue weighted by molar-refractivity contribution is -0.115. The number of carbonyl (C=O) groups excluding carboxylic acids is 2. The van der Waals surface area contributed by atoms with Crippen LogP contribution in [0.5, 0.6) is 0 Å². The number of halogens is 1. The summed E-state index contributed by atoms with van der Waals surface area (Å²) in [5.74, 6) is -0.298. The molecule has 0 aliphatic heterocycles. The number of anilines is 2. The van der Waals surface area contributed by atoms with Crippen molar-refractivity contribution in [2.45, 2.75) is 13.8 Å². The molecule has 0 saturated heterocycles. The van der Waals surface area contributed by atoms with Crippen molar-refractivity contribution < 1.29 is 9.59 Å². The van der Waals surface area contributed by atoms with Crippen molar-refractivity contribution in [1.29, 1.82) is 0 Å². The van der Waals surface area contributed by atoms with Crippen LogP contribution in [0.15, 0.2) is 36.4 Å². The van der Waals surface area contributed by atoms with Crippen LogP contribution in [0.2, 0.25) is 5.02 Å². The third-order valence-electron chi connectivity index (χ3n) is 3.35. The summed E-state index contributed by atoms with van der Waals surface area (Å²) >= 11 is 6.48. The van der Waals surface area contributed by atoms with Crippen LogP contribution in [0.25, 0.3) is 21.8 Å². The first kappa shape index (κ1) is 15.2. The Morgan fingerprint density at radius 2 is 1.30 bits per heavy atom. The van der Waals surface area contributed by atoms with E-state index in [4.69, 9.17) is 11.6 Å². The molecular weight excluding hydrogens is 314 g/mol. The number of benzene rings is 2. The maximum atomic E-state index is 11.2. The van der Waals surface area contributed by atoms with E-state index in [0.29, 0.717) is 27.4 Å². The Balaban J connectivity index is 2.18. The van der Waals surface area contributed by atoms with E-state index in [1.807, 2.05) is 12.1 Å². The van der Waals surface area contributed by atoms with E-state index in [-0.39, 0.29) is 11.8 Å². The van der Waals surface area contributed by atoms with Crippen LogP contribution in [0.1, 0.15) is 13.8 Å². The van der Waals surface area contributed by atoms with Gasteiger partial charge >= 0.3 is 0 Å². The molecule has 2 N–H and O–H groups in total. The second-order valence-corrected chi connectivity index (χ2v) is 5.63. The number of hydrogen-bond donors (Lipinski definition) is 2. The Hall–Kier alpha value is -2.66. The van der Waals surface area contributed by atoms with Crippen LogP contribution in [0, 0.1) is 0 Å². The first-order valence-electron chi connectivity index (χ1n) is 7.02. The van der Waals surface area contributed by atoms with Gasteiger partial charge in [-0.3, -0.25) is 9.59 Å². The number of nitrogens with zero attached hydrogens (tertiary/aromatic N) is 1. The maximum Gasteiger partial charge on any atom is 0.221 e. The molecule has 0 saturated carbocycles. The van der Waals surface area contributed by atoms with Crippen molar-refractivity contribution in [3.8, 4) is 0 Å². The fourth-order valence-corrected chi connectivity index (χ4v) is 2.78. The van der Waals surface area contributed by atoms with Gasteiger partial charge in [0.25, 0.3) is 0 Å². The predicted molar refractivity (Wildman–Crippen MR) is 92.9 cm³/mol. The average Bonchev–Trinajstić information content (AvgIpc) is 2.45. The van der Waals surface area contributed by atoms with Crippen molar-refractivity contribution in [1.82, 2.24) is 4.98 Å². The summed E-state index contributed by atoms with van der Waals surface area (Å²) in [5, 5.41) is 7.65. The first-order valence-corrected chi connectivity index (χ1v) is 7.40. The molecule has 2 aromatic carbocycles. The molecule has 0 aliphatic rings. The van der Waals surface area contributed by atoms with Gasteiger partial charge in [0.2, 0.25) is 11.8 Å². The van der Waals surface area contributed by atoms with Gasteiger partial charge in [-0.25, -0.2) is 4.98 Å². The zero-order chi connectivity index (χ0) is 16.6. The lowest BCUT2D eigenvalue weighted by atomic mass is 10.1. The predicted octanol–water partition coefficient (Wildman–Crippen LogP) is 3.96. The maximum absolute atomic E-state index is 11.2. The molecule has 0 unspecified atom stereocenters. The van der Waals surface area contributed by atoms with Gasteiger partial charge in [-0.05, 0) is 36.4 Å². The molecule has 5 nitrogen and oxygen atoms in total. The molecule has 0 fully saturated rings. The monoisotopic (exact) mass is 327 g/mol. The highest BCUT2D eigenvalue weighted by Gasteiger charge is 2.09. The van der Waals surface area contributed by atoms with Gasteiger partial charge in [0, 0.05) is 36.0 Å². The number of amides is 2. The van der Waals surface area contributed by atoms with E-state index in [2.05, 4.69) is 15.6 Å². The lowest BCUT2D eigenvalue weighted by Gasteiger charge is -2.09. The van der Waals surface area contributed by atoms with Crippen molar-refractivity contribution in [2.24, 2.45) is 0 Å². The number of fused-ring (bicyclic) bond motifs is 2. The van der Waals surface area contributed by atoms with Gasteiger partial charge in [0.05, 0.1) is 16.1 Å². The van der Waals surface area contributed by atoms with Gasteiger partial charge in [0.1, 0.15) is 0 Å². The molecule has 1 heterocycles. The molecule has 0 radical (unpaired) electrons. The molecule has 23 heavy (non-hydrogen) atoms. The van der Waals surface area contributed by atoms with Crippen LogP contribution >= 0.6 is 11.6 Å². The van der Waals surface area contributed by atoms with Crippen LogP contribution < -0.4 is 10.6 Å². The van der Waals surface area contributed by atoms with E-state index in [1.54, 1.807) is 24.3 Å². The van der Waals surface area contributed by atoms with E-state index in [9.17, 15) is 9.59 Å². The molecule has 2 amide bonds. The molecule has 0 bridgehead atoms. The van der Waals surface area contributed by atoms with Gasteiger partial charge in [-0.2, -0.15) is 0 Å². The molecule has 6 heteroatoms. The van der Waals surface area contributed by atoms with Crippen molar-refractivity contribution in [3.05, 3.63) is 41.4 Å². The molecule has 0 atom stereocenters. The second kappa shape index (κ2) is 5.85. The van der Waals surface area contributed by atoms with Crippen LogP contribution in [-0.2, 0) is 9.59 Å². The quantitative estimate of drug-likeness (QED) is 0.700. The number of nitrogens with one attached hydrogen (secondary N) is 2. The summed E-state index contributed by atoms with van der Waals surface area (Å²) in [6, 6.07) is 10.8. The Morgan fingerprint density at radius 3 is 1.70 bits per heavy atom. The Kier molecular flexibility index (Phi) is 3.88. The summed E-state index contributed by atoms with van der Waals surface area (Å²) in [6.45, 7) is 2.90. The SMILES string of the molecule is CC(=O)Nc1ccc2c(Cl)c3ccc(NC(C)=O)cc3nc2c1. The zero-order valence-electron chi connectivity index (χ0n) is 12.6. The molecule has 3 aromatic rings. The standard InChI is InChI=1S/C17H14ClN3O2/c1-9(22)19-11-3-5-13-15(7-11)21-16-8-12(20-10(2)23)4-6-14(16)17(13)18/h3-8H,1-2H3,(H,19,22)(H,20,23). The summed E-state index contributed by atoms with van der Waals surface area (Å²) < 4.78 is 0. The molecule has 0 spiro atoms. The number of pyridine rings is 1. The number of aromatic nitrogens is 1. The lowest BCUT2D eigenvalue weighted by Crippen LogP contribution is -2.06. The molecule has 0 aliphatic carbocycles. The topological polar surface area (TPSA) is 71.1 Å². The molecule has 1 aromatic heterocycles. The minimum atomic E-state index is -0.149. The van der Waals surface area contributed by atoms with Gasteiger partial charge in [-0.15, -0.1) is 0 Å². The van der Waals surface area contributed by atoms with E-state index in [1.165, 1.54) is 13.8 Å². The van der Waals surface area contributed by atoms with Gasteiger partial charge < -0.3 is 10.6 Å². The fraction of sp³-hybridized carbons (Fsp3) is 0.118. The number of hydrogen-bond acceptors (Lipinski definition) is 3. The van der Waals surface area contributed by atoms with Crippen molar-refractivity contribution in [2.75, 3.05) is 10.6 Å². The first-order chi connectivity index (χ1) is 10.9. The normalized spacial score (nSPS) is 10.7. The summed E-state index contributed by atoms with van der Waals surface area (Å²) in [6.07, 6.45) is 0.